The Morgan fingerprint density at radius 2 is 2.07 bits per heavy atom. The Labute approximate surface area is 96.8 Å². The van der Waals surface area contributed by atoms with Crippen molar-refractivity contribution in [2.24, 2.45) is 0 Å². The molecular formula is C11H8Cl2O2. The highest BCUT2D eigenvalue weighted by Crippen LogP contribution is 2.30. The number of hydrogen-bond acceptors (Lipinski definition) is 2. The van der Waals surface area contributed by atoms with E-state index >= 15 is 0 Å². The summed E-state index contributed by atoms with van der Waals surface area (Å²) < 4.78 is 5.37. The number of fused-ring (bicyclic) bond motifs is 1. The minimum Gasteiger partial charge on any atom is -0.451 e. The zero-order valence-electron chi connectivity index (χ0n) is 8.01. The van der Waals surface area contributed by atoms with Crippen LogP contribution in [0.15, 0.2) is 22.6 Å². The van der Waals surface area contributed by atoms with Gasteiger partial charge >= 0.3 is 0 Å². The molecule has 0 unspecified atom stereocenters. The Bertz CT molecular complexity index is 529. The fraction of sp³-hybridized carbons (Fsp3) is 0.182. The van der Waals surface area contributed by atoms with Gasteiger partial charge in [-0.2, -0.15) is 0 Å². The van der Waals surface area contributed by atoms with E-state index < -0.39 is 0 Å². The Balaban J connectivity index is 2.65. The van der Waals surface area contributed by atoms with Crippen LogP contribution < -0.4 is 0 Å². The van der Waals surface area contributed by atoms with E-state index in [9.17, 15) is 4.79 Å². The number of hydrogen-bond donors (Lipinski definition) is 0. The van der Waals surface area contributed by atoms with E-state index in [0.717, 1.165) is 5.39 Å². The molecule has 2 nitrogen and oxygen atoms in total. The first-order valence-corrected chi connectivity index (χ1v) is 5.29. The van der Waals surface area contributed by atoms with Gasteiger partial charge in [-0.25, -0.2) is 0 Å². The molecule has 0 spiro atoms. The van der Waals surface area contributed by atoms with Gasteiger partial charge in [-0.3, -0.25) is 4.79 Å². The maximum Gasteiger partial charge on any atom is 0.197 e. The van der Waals surface area contributed by atoms with Gasteiger partial charge in [-0.1, -0.05) is 30.1 Å². The Morgan fingerprint density at radius 3 is 2.73 bits per heavy atom. The van der Waals surface area contributed by atoms with Gasteiger partial charge < -0.3 is 4.42 Å². The fourth-order valence-electron chi connectivity index (χ4n) is 1.39. The molecule has 0 saturated carbocycles. The van der Waals surface area contributed by atoms with Crippen LogP contribution in [0.1, 0.15) is 23.9 Å². The van der Waals surface area contributed by atoms with E-state index in [4.69, 9.17) is 27.6 Å². The highest BCUT2D eigenvalue weighted by atomic mass is 35.5. The van der Waals surface area contributed by atoms with Crippen molar-refractivity contribution in [3.63, 3.8) is 0 Å². The van der Waals surface area contributed by atoms with Gasteiger partial charge in [-0.15, -0.1) is 0 Å². The van der Waals surface area contributed by atoms with Crippen LogP contribution in [-0.2, 0) is 0 Å². The molecule has 0 amide bonds. The number of Topliss-reactive ketones (excluding diaryl/α,β-unsaturated/α-hetero) is 1. The van der Waals surface area contributed by atoms with Crippen molar-refractivity contribution in [3.8, 4) is 0 Å². The van der Waals surface area contributed by atoms with E-state index in [1.165, 1.54) is 0 Å². The van der Waals surface area contributed by atoms with Crippen molar-refractivity contribution < 1.29 is 9.21 Å². The molecule has 0 atom stereocenters. The van der Waals surface area contributed by atoms with Crippen LogP contribution in [0.25, 0.3) is 11.0 Å². The summed E-state index contributed by atoms with van der Waals surface area (Å²) in [6, 6.07) is 4.98. The predicted octanol–water partition coefficient (Wildman–Crippen LogP) is 4.33. The normalized spacial score (nSPS) is 10.9. The Hall–Kier alpha value is -0.990. The molecule has 0 aliphatic carbocycles. The van der Waals surface area contributed by atoms with Gasteiger partial charge in [0.15, 0.2) is 17.1 Å². The van der Waals surface area contributed by atoms with Gasteiger partial charge in [0.2, 0.25) is 0 Å². The standard InChI is InChI=1S/C11H8Cl2O2/c1-2-9(14)10-4-6-3-7(12)5-8(13)11(6)15-10/h3-5H,2H2,1H3. The summed E-state index contributed by atoms with van der Waals surface area (Å²) in [5.41, 5.74) is 0.512. The molecule has 0 fully saturated rings. The lowest BCUT2D eigenvalue weighted by molar-refractivity contribution is 0.0963. The first kappa shape index (κ1) is 10.5. The number of halogens is 2. The van der Waals surface area contributed by atoms with Crippen molar-refractivity contribution in [2.75, 3.05) is 0 Å². The van der Waals surface area contributed by atoms with Crippen LogP contribution in [0.3, 0.4) is 0 Å². The monoisotopic (exact) mass is 242 g/mol. The topological polar surface area (TPSA) is 30.2 Å². The largest absolute Gasteiger partial charge is 0.451 e. The molecule has 2 aromatic rings. The second-order valence-corrected chi connectivity index (χ2v) is 4.04. The fourth-order valence-corrected chi connectivity index (χ4v) is 1.94. The van der Waals surface area contributed by atoms with E-state index in [0.29, 0.717) is 27.8 Å². The van der Waals surface area contributed by atoms with Crippen LogP contribution in [0.5, 0.6) is 0 Å². The molecular weight excluding hydrogens is 235 g/mol. The first-order chi connectivity index (χ1) is 7.11. The Morgan fingerprint density at radius 1 is 1.33 bits per heavy atom. The zero-order valence-corrected chi connectivity index (χ0v) is 9.52. The number of carbonyl (C=O) groups excluding carboxylic acids is 1. The average molecular weight is 243 g/mol. The summed E-state index contributed by atoms with van der Waals surface area (Å²) in [7, 11) is 0. The molecule has 4 heteroatoms. The first-order valence-electron chi connectivity index (χ1n) is 4.53. The summed E-state index contributed by atoms with van der Waals surface area (Å²) >= 11 is 11.8. The van der Waals surface area contributed by atoms with Crippen molar-refractivity contribution in [2.45, 2.75) is 13.3 Å². The summed E-state index contributed by atoms with van der Waals surface area (Å²) in [5, 5.41) is 1.71. The summed E-state index contributed by atoms with van der Waals surface area (Å²) in [6.07, 6.45) is 0.408. The number of benzene rings is 1. The third kappa shape index (κ3) is 1.87. The molecule has 2 rings (SSSR count). The maximum atomic E-state index is 11.4. The van der Waals surface area contributed by atoms with Gasteiger partial charge in [0.1, 0.15) is 0 Å². The zero-order chi connectivity index (χ0) is 11.0. The van der Waals surface area contributed by atoms with Gasteiger partial charge in [0, 0.05) is 16.8 Å². The second-order valence-electron chi connectivity index (χ2n) is 3.19. The van der Waals surface area contributed by atoms with Crippen molar-refractivity contribution in [1.82, 2.24) is 0 Å². The van der Waals surface area contributed by atoms with Gasteiger partial charge in [0.05, 0.1) is 5.02 Å². The summed E-state index contributed by atoms with van der Waals surface area (Å²) in [6.45, 7) is 1.78. The highest BCUT2D eigenvalue weighted by molar-refractivity contribution is 6.38. The smallest absolute Gasteiger partial charge is 0.197 e. The van der Waals surface area contributed by atoms with Crippen LogP contribution >= 0.6 is 23.2 Å². The molecule has 0 N–H and O–H groups in total. The van der Waals surface area contributed by atoms with E-state index in [1.54, 1.807) is 25.1 Å². The molecule has 0 bridgehead atoms. The van der Waals surface area contributed by atoms with Crippen LogP contribution in [-0.4, -0.2) is 5.78 Å². The van der Waals surface area contributed by atoms with Crippen LogP contribution in [0, 0.1) is 0 Å². The van der Waals surface area contributed by atoms with Crippen molar-refractivity contribution in [3.05, 3.63) is 34.0 Å². The average Bonchev–Trinajstić information content (AvgIpc) is 2.60. The lowest BCUT2D eigenvalue weighted by atomic mass is 10.2. The molecule has 0 radical (unpaired) electrons. The number of furan rings is 1. The Kier molecular flexibility index (Phi) is 2.72. The molecule has 0 aliphatic rings. The SMILES string of the molecule is CCC(=O)c1cc2cc(Cl)cc(Cl)c2o1. The highest BCUT2D eigenvalue weighted by Gasteiger charge is 2.12. The van der Waals surface area contributed by atoms with Crippen molar-refractivity contribution in [1.29, 1.82) is 0 Å². The third-order valence-electron chi connectivity index (χ3n) is 2.13. The number of ketones is 1. The molecule has 0 aliphatic heterocycles. The lowest BCUT2D eigenvalue weighted by Gasteiger charge is -1.93. The maximum absolute atomic E-state index is 11.4. The van der Waals surface area contributed by atoms with Crippen LogP contribution in [0.2, 0.25) is 10.0 Å². The third-order valence-corrected chi connectivity index (χ3v) is 2.63. The minimum atomic E-state index is -0.0432. The minimum absolute atomic E-state index is 0.0432. The molecule has 1 aromatic heterocycles. The lowest BCUT2D eigenvalue weighted by Crippen LogP contribution is -1.92. The number of carbonyl (C=O) groups is 1. The van der Waals surface area contributed by atoms with E-state index in [-0.39, 0.29) is 5.78 Å². The predicted molar refractivity (Wildman–Crippen MR) is 60.9 cm³/mol. The second kappa shape index (κ2) is 3.87. The molecule has 1 heterocycles. The molecule has 15 heavy (non-hydrogen) atoms. The molecule has 1 aromatic carbocycles. The molecule has 0 saturated heterocycles. The van der Waals surface area contributed by atoms with Gasteiger partial charge in [-0.05, 0) is 18.2 Å². The number of rotatable bonds is 2. The summed E-state index contributed by atoms with van der Waals surface area (Å²) in [5.74, 6) is 0.287. The van der Waals surface area contributed by atoms with E-state index in [1.807, 2.05) is 0 Å². The summed E-state index contributed by atoms with van der Waals surface area (Å²) in [4.78, 5) is 11.4. The molecule has 78 valence electrons. The van der Waals surface area contributed by atoms with Crippen molar-refractivity contribution >= 4 is 40.0 Å². The van der Waals surface area contributed by atoms with Crippen LogP contribution in [0.4, 0.5) is 0 Å². The van der Waals surface area contributed by atoms with E-state index in [2.05, 4.69) is 0 Å². The van der Waals surface area contributed by atoms with Gasteiger partial charge in [0.25, 0.3) is 0 Å². The quantitative estimate of drug-likeness (QED) is 0.734.